The lowest BCUT2D eigenvalue weighted by Gasteiger charge is -2.23. The fourth-order valence-electron chi connectivity index (χ4n) is 2.78. The number of aromatic nitrogens is 4. The number of hydrogen-bond acceptors (Lipinski definition) is 6. The van der Waals surface area contributed by atoms with Crippen molar-refractivity contribution in [1.82, 2.24) is 19.6 Å². The van der Waals surface area contributed by atoms with Crippen LogP contribution in [0.3, 0.4) is 0 Å². The van der Waals surface area contributed by atoms with Crippen molar-refractivity contribution in [1.29, 1.82) is 0 Å². The van der Waals surface area contributed by atoms with Gasteiger partial charge in [0.15, 0.2) is 0 Å². The van der Waals surface area contributed by atoms with E-state index in [1.165, 1.54) is 7.11 Å². The Kier molecular flexibility index (Phi) is 5.57. The first-order chi connectivity index (χ1) is 13.7. The highest BCUT2D eigenvalue weighted by molar-refractivity contribution is 5.95. The number of anilines is 2. The number of nitrogens with zero attached hydrogens (tertiary/aromatic N) is 5. The Morgan fingerprint density at radius 1 is 1.28 bits per heavy atom. The fourth-order valence-corrected chi connectivity index (χ4v) is 2.78. The number of halogens is 3. The first-order valence-electron chi connectivity index (χ1n) is 8.72. The molecule has 0 saturated heterocycles. The minimum absolute atomic E-state index is 0.117. The van der Waals surface area contributed by atoms with Crippen LogP contribution in [0.2, 0.25) is 0 Å². The minimum atomic E-state index is -4.70. The SMILES string of the molecule is CCN(CC(=O)Nc1ccccc1OC)c1cc(C)nc2nc(C(F)(F)F)nn12. The molecule has 154 valence electrons. The van der Waals surface area contributed by atoms with Crippen LogP contribution >= 0.6 is 0 Å². The largest absolute Gasteiger partial charge is 0.495 e. The number of rotatable bonds is 6. The molecular weight excluding hydrogens is 389 g/mol. The molecule has 1 N–H and O–H groups in total. The van der Waals surface area contributed by atoms with Gasteiger partial charge in [-0.1, -0.05) is 12.1 Å². The molecule has 0 unspecified atom stereocenters. The first kappa shape index (κ1) is 20.4. The summed E-state index contributed by atoms with van der Waals surface area (Å²) in [5, 5.41) is 6.28. The van der Waals surface area contributed by atoms with Crippen molar-refractivity contribution in [3.05, 3.63) is 41.9 Å². The molecule has 1 aromatic carbocycles. The zero-order chi connectivity index (χ0) is 21.2. The Bertz CT molecular complexity index is 1030. The van der Waals surface area contributed by atoms with E-state index in [9.17, 15) is 18.0 Å². The van der Waals surface area contributed by atoms with Gasteiger partial charge in [0, 0.05) is 18.3 Å². The maximum absolute atomic E-state index is 13.0. The maximum Gasteiger partial charge on any atom is 0.453 e. The highest BCUT2D eigenvalue weighted by atomic mass is 19.4. The third kappa shape index (κ3) is 4.39. The molecule has 3 rings (SSSR count). The lowest BCUT2D eigenvalue weighted by molar-refractivity contribution is -0.144. The molecular formula is C18H19F3N6O2. The van der Waals surface area contributed by atoms with E-state index in [1.807, 2.05) is 0 Å². The smallest absolute Gasteiger partial charge is 0.453 e. The summed E-state index contributed by atoms with van der Waals surface area (Å²) in [4.78, 5) is 21.6. The second-order valence-electron chi connectivity index (χ2n) is 6.16. The Morgan fingerprint density at radius 3 is 2.66 bits per heavy atom. The number of methoxy groups -OCH3 is 1. The summed E-state index contributed by atoms with van der Waals surface area (Å²) in [5.74, 6) is -1.05. The molecule has 0 aliphatic rings. The molecule has 2 heterocycles. The van der Waals surface area contributed by atoms with Crippen LogP contribution in [0.4, 0.5) is 24.7 Å². The van der Waals surface area contributed by atoms with Gasteiger partial charge in [-0.25, -0.2) is 4.98 Å². The molecule has 11 heteroatoms. The van der Waals surface area contributed by atoms with Crippen LogP contribution in [-0.2, 0) is 11.0 Å². The quantitative estimate of drug-likeness (QED) is 0.675. The molecule has 2 aromatic heterocycles. The van der Waals surface area contributed by atoms with Crippen molar-refractivity contribution in [3.63, 3.8) is 0 Å². The minimum Gasteiger partial charge on any atom is -0.495 e. The van der Waals surface area contributed by atoms with Gasteiger partial charge in [0.25, 0.3) is 11.6 Å². The molecule has 0 spiro atoms. The van der Waals surface area contributed by atoms with Crippen LogP contribution in [0, 0.1) is 6.92 Å². The second kappa shape index (κ2) is 7.94. The average Bonchev–Trinajstić information content (AvgIpc) is 3.10. The average molecular weight is 408 g/mol. The standard InChI is InChI=1S/C18H19F3N6O2/c1-4-26(10-14(28)23-12-7-5-6-8-13(12)29-3)15-9-11(2)22-17-24-16(18(19,20)21)25-27(15)17/h5-9H,4,10H2,1-3H3,(H,23,28). The van der Waals surface area contributed by atoms with Gasteiger partial charge in [-0.2, -0.15) is 22.7 Å². The molecule has 0 atom stereocenters. The number of benzene rings is 1. The van der Waals surface area contributed by atoms with Crippen molar-refractivity contribution in [2.75, 3.05) is 30.4 Å². The molecule has 0 aliphatic heterocycles. The number of ether oxygens (including phenoxy) is 1. The van der Waals surface area contributed by atoms with Crippen molar-refractivity contribution in [2.45, 2.75) is 20.0 Å². The molecule has 3 aromatic rings. The summed E-state index contributed by atoms with van der Waals surface area (Å²) >= 11 is 0. The Labute approximate surface area is 164 Å². The van der Waals surface area contributed by atoms with E-state index in [0.29, 0.717) is 23.7 Å². The molecule has 29 heavy (non-hydrogen) atoms. The van der Waals surface area contributed by atoms with Gasteiger partial charge < -0.3 is 15.0 Å². The molecule has 8 nitrogen and oxygen atoms in total. The predicted octanol–water partition coefficient (Wildman–Crippen LogP) is 2.93. The number of carbonyl (C=O) groups excluding carboxylic acids is 1. The van der Waals surface area contributed by atoms with E-state index in [-0.39, 0.29) is 24.0 Å². The Balaban J connectivity index is 1.90. The summed E-state index contributed by atoms with van der Waals surface area (Å²) in [6, 6.07) is 8.47. The van der Waals surface area contributed by atoms with Crippen LogP contribution in [-0.4, -0.2) is 45.7 Å². The summed E-state index contributed by atoms with van der Waals surface area (Å²) in [5.41, 5.74) is 0.949. The highest BCUT2D eigenvalue weighted by Crippen LogP contribution is 2.28. The number of fused-ring (bicyclic) bond motifs is 1. The molecule has 0 fully saturated rings. The Hall–Kier alpha value is -3.37. The van der Waals surface area contributed by atoms with Gasteiger partial charge in [-0.05, 0) is 26.0 Å². The molecule has 0 aliphatic carbocycles. The van der Waals surface area contributed by atoms with E-state index in [4.69, 9.17) is 4.74 Å². The summed E-state index contributed by atoms with van der Waals surface area (Å²) in [7, 11) is 1.49. The van der Waals surface area contributed by atoms with E-state index in [1.54, 1.807) is 49.1 Å². The van der Waals surface area contributed by atoms with Crippen molar-refractivity contribution in [2.24, 2.45) is 0 Å². The normalized spacial score (nSPS) is 11.5. The van der Waals surface area contributed by atoms with Crippen LogP contribution in [0.15, 0.2) is 30.3 Å². The number of nitrogens with one attached hydrogen (secondary N) is 1. The van der Waals surface area contributed by atoms with Crippen molar-refractivity contribution in [3.8, 4) is 5.75 Å². The highest BCUT2D eigenvalue weighted by Gasteiger charge is 2.37. The van der Waals surface area contributed by atoms with Gasteiger partial charge in [-0.3, -0.25) is 4.79 Å². The summed E-state index contributed by atoms with van der Waals surface area (Å²) in [6.45, 7) is 3.64. The van der Waals surface area contributed by atoms with E-state index in [0.717, 1.165) is 4.52 Å². The third-order valence-electron chi connectivity index (χ3n) is 4.10. The number of likely N-dealkylation sites (N-methyl/N-ethyl adjacent to an activating group) is 1. The van der Waals surface area contributed by atoms with E-state index < -0.39 is 12.0 Å². The van der Waals surface area contributed by atoms with Gasteiger partial charge >= 0.3 is 6.18 Å². The Morgan fingerprint density at radius 2 is 2.00 bits per heavy atom. The molecule has 0 saturated carbocycles. The van der Waals surface area contributed by atoms with Crippen LogP contribution in [0.1, 0.15) is 18.4 Å². The maximum atomic E-state index is 13.0. The monoisotopic (exact) mass is 408 g/mol. The lowest BCUT2D eigenvalue weighted by atomic mass is 10.3. The molecule has 0 radical (unpaired) electrons. The number of para-hydroxylation sites is 2. The number of aryl methyl sites for hydroxylation is 1. The van der Waals surface area contributed by atoms with Gasteiger partial charge in [0.05, 0.1) is 19.3 Å². The zero-order valence-electron chi connectivity index (χ0n) is 16.0. The number of alkyl halides is 3. The summed E-state index contributed by atoms with van der Waals surface area (Å²) in [6.07, 6.45) is -4.70. The zero-order valence-corrected chi connectivity index (χ0v) is 16.0. The third-order valence-corrected chi connectivity index (χ3v) is 4.10. The lowest BCUT2D eigenvalue weighted by Crippen LogP contribution is -2.34. The predicted molar refractivity (Wildman–Crippen MR) is 100 cm³/mol. The van der Waals surface area contributed by atoms with Crippen LogP contribution in [0.25, 0.3) is 5.78 Å². The number of amides is 1. The second-order valence-corrected chi connectivity index (χ2v) is 6.16. The fraction of sp³-hybridized carbons (Fsp3) is 0.333. The van der Waals surface area contributed by atoms with Crippen LogP contribution < -0.4 is 15.0 Å². The van der Waals surface area contributed by atoms with Gasteiger partial charge in [0.2, 0.25) is 5.91 Å². The van der Waals surface area contributed by atoms with Gasteiger partial charge in [0.1, 0.15) is 11.6 Å². The summed E-state index contributed by atoms with van der Waals surface area (Å²) < 4.78 is 45.2. The molecule has 1 amide bonds. The number of hydrogen-bond donors (Lipinski definition) is 1. The topological polar surface area (TPSA) is 84.7 Å². The number of carbonyl (C=O) groups is 1. The molecule has 0 bridgehead atoms. The van der Waals surface area contributed by atoms with E-state index in [2.05, 4.69) is 20.4 Å². The first-order valence-corrected chi connectivity index (χ1v) is 8.72. The van der Waals surface area contributed by atoms with Crippen LogP contribution in [0.5, 0.6) is 5.75 Å². The van der Waals surface area contributed by atoms with Crippen molar-refractivity contribution < 1.29 is 22.7 Å². The van der Waals surface area contributed by atoms with Gasteiger partial charge in [-0.15, -0.1) is 5.10 Å². The van der Waals surface area contributed by atoms with E-state index >= 15 is 0 Å². The van der Waals surface area contributed by atoms with Crippen molar-refractivity contribution >= 4 is 23.2 Å².